The van der Waals surface area contributed by atoms with Gasteiger partial charge in [-0.3, -0.25) is 9.69 Å². The number of aromatic nitrogens is 2. The van der Waals surface area contributed by atoms with Gasteiger partial charge in [0.2, 0.25) is 21.2 Å². The molecule has 1 aromatic heterocycles. The molecule has 1 fully saturated rings. The maximum absolute atomic E-state index is 11.9. The SMILES string of the molecule is N#Cc1cnc(Cl)nc1N1CC(CS(N)(=O)=O)CC1=O. The quantitative estimate of drug-likeness (QED) is 0.758. The van der Waals surface area contributed by atoms with Crippen molar-refractivity contribution in [2.24, 2.45) is 11.1 Å². The summed E-state index contributed by atoms with van der Waals surface area (Å²) in [7, 11) is -3.66. The van der Waals surface area contributed by atoms with E-state index in [2.05, 4.69) is 9.97 Å². The van der Waals surface area contributed by atoms with Crippen molar-refractivity contribution in [1.29, 1.82) is 5.26 Å². The van der Waals surface area contributed by atoms with Gasteiger partial charge in [-0.05, 0) is 11.6 Å². The first-order valence-corrected chi connectivity index (χ1v) is 7.63. The molecule has 1 aromatic rings. The van der Waals surface area contributed by atoms with Gasteiger partial charge in [0.05, 0.1) is 11.9 Å². The summed E-state index contributed by atoms with van der Waals surface area (Å²) < 4.78 is 22.1. The lowest BCUT2D eigenvalue weighted by Gasteiger charge is -2.16. The second-order valence-electron chi connectivity index (χ2n) is 4.39. The van der Waals surface area contributed by atoms with Crippen molar-refractivity contribution in [3.8, 4) is 6.07 Å². The highest BCUT2D eigenvalue weighted by Crippen LogP contribution is 2.27. The van der Waals surface area contributed by atoms with Crippen LogP contribution in [0.2, 0.25) is 5.28 Å². The van der Waals surface area contributed by atoms with Crippen LogP contribution < -0.4 is 10.0 Å². The summed E-state index contributed by atoms with van der Waals surface area (Å²) in [5.74, 6) is -0.965. The van der Waals surface area contributed by atoms with Gasteiger partial charge in [-0.15, -0.1) is 0 Å². The molecule has 1 saturated heterocycles. The number of primary sulfonamides is 1. The fourth-order valence-electron chi connectivity index (χ4n) is 2.06. The van der Waals surface area contributed by atoms with E-state index in [1.54, 1.807) is 0 Å². The van der Waals surface area contributed by atoms with Gasteiger partial charge in [-0.25, -0.2) is 18.5 Å². The largest absolute Gasteiger partial charge is 0.295 e. The highest BCUT2D eigenvalue weighted by Gasteiger charge is 2.34. The third kappa shape index (κ3) is 3.22. The molecular formula is C10H10ClN5O3S. The molecular weight excluding hydrogens is 306 g/mol. The number of halogens is 1. The van der Waals surface area contributed by atoms with E-state index in [4.69, 9.17) is 22.0 Å². The number of hydrogen-bond donors (Lipinski definition) is 1. The third-order valence-electron chi connectivity index (χ3n) is 2.79. The fraction of sp³-hybridized carbons (Fsp3) is 0.400. The molecule has 1 amide bonds. The van der Waals surface area contributed by atoms with Crippen LogP contribution in [-0.2, 0) is 14.8 Å². The summed E-state index contributed by atoms with van der Waals surface area (Å²) in [6.45, 7) is 0.122. The smallest absolute Gasteiger partial charge is 0.228 e. The van der Waals surface area contributed by atoms with E-state index in [1.807, 2.05) is 6.07 Å². The lowest BCUT2D eigenvalue weighted by Crippen LogP contribution is -2.28. The molecule has 0 spiro atoms. The first-order chi connectivity index (χ1) is 9.30. The van der Waals surface area contributed by atoms with Crippen LogP contribution >= 0.6 is 11.6 Å². The van der Waals surface area contributed by atoms with Crippen molar-refractivity contribution in [2.75, 3.05) is 17.2 Å². The third-order valence-corrected chi connectivity index (χ3v) is 3.91. The minimum atomic E-state index is -3.66. The van der Waals surface area contributed by atoms with Gasteiger partial charge >= 0.3 is 0 Å². The molecule has 0 saturated carbocycles. The first-order valence-electron chi connectivity index (χ1n) is 5.53. The first kappa shape index (κ1) is 14.6. The summed E-state index contributed by atoms with van der Waals surface area (Å²) in [4.78, 5) is 20.7. The van der Waals surface area contributed by atoms with Crippen LogP contribution in [0.1, 0.15) is 12.0 Å². The summed E-state index contributed by atoms with van der Waals surface area (Å²) in [5.41, 5.74) is 0.0963. The predicted octanol–water partition coefficient (Wildman–Crippen LogP) is -0.357. The average Bonchev–Trinajstić information content (AvgIpc) is 2.67. The molecule has 1 atom stereocenters. The Hall–Kier alpha value is -1.76. The van der Waals surface area contributed by atoms with Gasteiger partial charge in [0.25, 0.3) is 0 Å². The van der Waals surface area contributed by atoms with Crippen LogP contribution in [0.5, 0.6) is 0 Å². The molecule has 0 aromatic carbocycles. The van der Waals surface area contributed by atoms with Crippen LogP contribution in [0.15, 0.2) is 6.20 Å². The molecule has 2 N–H and O–H groups in total. The standard InChI is InChI=1S/C10H10ClN5O3S/c11-10-14-3-7(2-12)9(15-10)16-4-6(1-8(16)17)5-20(13,18)19/h3,6H,1,4-5H2,(H2,13,18,19). The maximum Gasteiger partial charge on any atom is 0.228 e. The zero-order valence-corrected chi connectivity index (χ0v) is 11.7. The number of nitriles is 1. The Morgan fingerprint density at radius 3 is 2.90 bits per heavy atom. The van der Waals surface area contributed by atoms with Crippen LogP contribution in [0.25, 0.3) is 0 Å². The summed E-state index contributed by atoms with van der Waals surface area (Å²) in [6, 6.07) is 1.86. The normalized spacial score (nSPS) is 19.1. The number of sulfonamides is 1. The number of rotatable bonds is 3. The van der Waals surface area contributed by atoms with Crippen molar-refractivity contribution < 1.29 is 13.2 Å². The molecule has 2 heterocycles. The van der Waals surface area contributed by atoms with E-state index in [9.17, 15) is 13.2 Å². The Morgan fingerprint density at radius 1 is 1.60 bits per heavy atom. The van der Waals surface area contributed by atoms with Gasteiger partial charge in [-0.2, -0.15) is 10.2 Å². The number of carbonyl (C=O) groups is 1. The second-order valence-corrected chi connectivity index (χ2v) is 6.39. The highest BCUT2D eigenvalue weighted by atomic mass is 35.5. The molecule has 8 nitrogen and oxygen atoms in total. The van der Waals surface area contributed by atoms with Crippen molar-refractivity contribution >= 4 is 33.3 Å². The van der Waals surface area contributed by atoms with E-state index in [-0.39, 0.29) is 41.3 Å². The molecule has 0 bridgehead atoms. The fourth-order valence-corrected chi connectivity index (χ4v) is 3.07. The molecule has 2 rings (SSSR count). The molecule has 10 heteroatoms. The molecule has 0 aliphatic carbocycles. The molecule has 0 radical (unpaired) electrons. The highest BCUT2D eigenvalue weighted by molar-refractivity contribution is 7.89. The second kappa shape index (κ2) is 5.32. The van der Waals surface area contributed by atoms with E-state index >= 15 is 0 Å². The Labute approximate surface area is 120 Å². The summed E-state index contributed by atoms with van der Waals surface area (Å²) in [5, 5.41) is 13.9. The Morgan fingerprint density at radius 2 is 2.30 bits per heavy atom. The number of carbonyl (C=O) groups excluding carboxylic acids is 1. The van der Waals surface area contributed by atoms with Crippen LogP contribution in [0.3, 0.4) is 0 Å². The Kier molecular flexibility index (Phi) is 3.89. The Balaban J connectivity index is 2.29. The van der Waals surface area contributed by atoms with Crippen LogP contribution in [0, 0.1) is 17.2 Å². The Bertz CT molecular complexity index is 699. The zero-order valence-electron chi connectivity index (χ0n) is 10.2. The van der Waals surface area contributed by atoms with E-state index < -0.39 is 15.9 Å². The van der Waals surface area contributed by atoms with Gasteiger partial charge in [0.1, 0.15) is 11.6 Å². The monoisotopic (exact) mass is 315 g/mol. The van der Waals surface area contributed by atoms with Crippen molar-refractivity contribution in [1.82, 2.24) is 9.97 Å². The molecule has 106 valence electrons. The number of nitrogens with zero attached hydrogens (tertiary/aromatic N) is 4. The predicted molar refractivity (Wildman–Crippen MR) is 70.2 cm³/mol. The summed E-state index contributed by atoms with van der Waals surface area (Å²) >= 11 is 5.66. The van der Waals surface area contributed by atoms with Gasteiger partial charge in [-0.1, -0.05) is 0 Å². The molecule has 1 unspecified atom stereocenters. The minimum absolute atomic E-state index is 0.0307. The molecule has 1 aliphatic heterocycles. The van der Waals surface area contributed by atoms with Gasteiger partial charge in [0.15, 0.2) is 5.82 Å². The van der Waals surface area contributed by atoms with Gasteiger partial charge < -0.3 is 0 Å². The lowest BCUT2D eigenvalue weighted by molar-refractivity contribution is -0.117. The van der Waals surface area contributed by atoms with E-state index in [0.717, 1.165) is 0 Å². The van der Waals surface area contributed by atoms with E-state index in [1.165, 1.54) is 11.1 Å². The van der Waals surface area contributed by atoms with Crippen molar-refractivity contribution in [2.45, 2.75) is 6.42 Å². The summed E-state index contributed by atoms with van der Waals surface area (Å²) in [6.07, 6.45) is 1.24. The lowest BCUT2D eigenvalue weighted by atomic mass is 10.1. The van der Waals surface area contributed by atoms with Crippen LogP contribution in [-0.4, -0.2) is 36.6 Å². The molecule has 20 heavy (non-hydrogen) atoms. The van der Waals surface area contributed by atoms with Crippen LogP contribution in [0.4, 0.5) is 5.82 Å². The van der Waals surface area contributed by atoms with E-state index in [0.29, 0.717) is 0 Å². The minimum Gasteiger partial charge on any atom is -0.295 e. The average molecular weight is 316 g/mol. The number of hydrogen-bond acceptors (Lipinski definition) is 6. The molecule has 1 aliphatic rings. The number of anilines is 1. The number of nitrogens with two attached hydrogens (primary N) is 1. The topological polar surface area (TPSA) is 130 Å². The van der Waals surface area contributed by atoms with Crippen molar-refractivity contribution in [3.05, 3.63) is 17.0 Å². The zero-order chi connectivity index (χ0) is 14.9. The van der Waals surface area contributed by atoms with Crippen molar-refractivity contribution in [3.63, 3.8) is 0 Å². The van der Waals surface area contributed by atoms with Gasteiger partial charge in [0, 0.05) is 18.9 Å². The maximum atomic E-state index is 11.9. The number of amides is 1.